The van der Waals surface area contributed by atoms with Crippen molar-refractivity contribution >= 4 is 0 Å². The van der Waals surface area contributed by atoms with Crippen molar-refractivity contribution in [3.63, 3.8) is 0 Å². The molecule has 4 heteroatoms. The van der Waals surface area contributed by atoms with Gasteiger partial charge in [-0.05, 0) is 39.4 Å². The van der Waals surface area contributed by atoms with Gasteiger partial charge in [0.25, 0.3) is 0 Å². The van der Waals surface area contributed by atoms with Crippen LogP contribution in [0.2, 0.25) is 0 Å². The van der Waals surface area contributed by atoms with E-state index in [2.05, 4.69) is 60.4 Å². The molecule has 1 aromatic carbocycles. The number of aryl methyl sites for hydroxylation is 1. The van der Waals surface area contributed by atoms with Crippen LogP contribution in [0, 0.1) is 6.92 Å². The summed E-state index contributed by atoms with van der Waals surface area (Å²) in [6, 6.07) is 8.67. The van der Waals surface area contributed by atoms with Crippen molar-refractivity contribution < 1.29 is 0 Å². The van der Waals surface area contributed by atoms with Gasteiger partial charge in [-0.2, -0.15) is 5.10 Å². The van der Waals surface area contributed by atoms with Crippen LogP contribution in [0.15, 0.2) is 24.3 Å². The molecule has 0 spiro atoms. The number of hydrogen-bond acceptors (Lipinski definition) is 3. The van der Waals surface area contributed by atoms with Gasteiger partial charge in [-0.15, -0.1) is 0 Å². The fraction of sp³-hybridized carbons (Fsp3) is 0.467. The molecule has 0 aliphatic heterocycles. The summed E-state index contributed by atoms with van der Waals surface area (Å²) in [7, 11) is 4.14. The maximum Gasteiger partial charge on any atom is 0.172 e. The average molecular weight is 256 g/mol. The van der Waals surface area contributed by atoms with Crippen LogP contribution in [0.1, 0.15) is 47.6 Å². The molecular formula is C15H20N4. The number of H-pyrrole nitrogens is 1. The quantitative estimate of drug-likeness (QED) is 0.914. The van der Waals surface area contributed by atoms with Crippen LogP contribution in [-0.4, -0.2) is 34.2 Å². The normalized spacial score (nSPS) is 16.8. The van der Waals surface area contributed by atoms with E-state index in [1.165, 1.54) is 24.0 Å². The maximum atomic E-state index is 4.69. The molecule has 1 heterocycles. The van der Waals surface area contributed by atoms with Gasteiger partial charge in [-0.1, -0.05) is 29.8 Å². The van der Waals surface area contributed by atoms with Crippen LogP contribution in [-0.2, 0) is 0 Å². The minimum absolute atomic E-state index is 0.114. The predicted octanol–water partition coefficient (Wildman–Crippen LogP) is 2.64. The fourth-order valence-corrected chi connectivity index (χ4v) is 2.47. The van der Waals surface area contributed by atoms with E-state index in [9.17, 15) is 0 Å². The Hall–Kier alpha value is -1.68. The largest absolute Gasteiger partial charge is 0.296 e. The van der Waals surface area contributed by atoms with E-state index in [1.54, 1.807) is 0 Å². The molecule has 1 atom stereocenters. The number of rotatable bonds is 4. The molecule has 0 bridgehead atoms. The van der Waals surface area contributed by atoms with E-state index in [4.69, 9.17) is 4.98 Å². The Kier molecular flexibility index (Phi) is 3.11. The maximum absolute atomic E-state index is 4.69. The summed E-state index contributed by atoms with van der Waals surface area (Å²) >= 11 is 0. The monoisotopic (exact) mass is 256 g/mol. The molecule has 1 unspecified atom stereocenters. The van der Waals surface area contributed by atoms with E-state index < -0.39 is 0 Å². The van der Waals surface area contributed by atoms with E-state index >= 15 is 0 Å². The number of hydrogen-bond donors (Lipinski definition) is 1. The Morgan fingerprint density at radius 3 is 2.74 bits per heavy atom. The van der Waals surface area contributed by atoms with Crippen molar-refractivity contribution in [3.05, 3.63) is 47.0 Å². The van der Waals surface area contributed by atoms with Crippen molar-refractivity contribution in [2.24, 2.45) is 0 Å². The average Bonchev–Trinajstić information content (AvgIpc) is 3.10. The highest BCUT2D eigenvalue weighted by Gasteiger charge is 2.29. The van der Waals surface area contributed by atoms with Gasteiger partial charge < -0.3 is 0 Å². The Bertz CT molecular complexity index is 569. The Morgan fingerprint density at radius 1 is 1.32 bits per heavy atom. The predicted molar refractivity (Wildman–Crippen MR) is 75.1 cm³/mol. The lowest BCUT2D eigenvalue weighted by molar-refractivity contribution is 0.330. The molecular weight excluding hydrogens is 236 g/mol. The Labute approximate surface area is 113 Å². The van der Waals surface area contributed by atoms with Gasteiger partial charge in [0.15, 0.2) is 5.82 Å². The van der Waals surface area contributed by atoms with E-state index in [0.717, 1.165) is 11.6 Å². The van der Waals surface area contributed by atoms with Gasteiger partial charge in [-0.25, -0.2) is 4.98 Å². The SMILES string of the molecule is Cc1cccc(C(c2n[nH]c(C3CC3)n2)N(C)C)c1. The van der Waals surface area contributed by atoms with Crippen LogP contribution in [0.4, 0.5) is 0 Å². The number of aromatic amines is 1. The third kappa shape index (κ3) is 2.54. The highest BCUT2D eigenvalue weighted by atomic mass is 15.3. The summed E-state index contributed by atoms with van der Waals surface area (Å²) in [4.78, 5) is 6.85. The standard InChI is InChI=1S/C15H20N4/c1-10-5-4-6-12(9-10)13(19(2)3)15-16-14(17-18-15)11-7-8-11/h4-6,9,11,13H,7-8H2,1-3H3,(H,16,17,18). The lowest BCUT2D eigenvalue weighted by atomic mass is 10.0. The molecule has 1 aliphatic rings. The zero-order chi connectivity index (χ0) is 13.4. The topological polar surface area (TPSA) is 44.8 Å². The first-order valence-corrected chi connectivity index (χ1v) is 6.80. The van der Waals surface area contributed by atoms with Crippen molar-refractivity contribution in [1.82, 2.24) is 20.1 Å². The first-order chi connectivity index (χ1) is 9.15. The number of aromatic nitrogens is 3. The Balaban J connectivity index is 1.95. The first kappa shape index (κ1) is 12.4. The molecule has 1 aromatic heterocycles. The lowest BCUT2D eigenvalue weighted by Gasteiger charge is -2.22. The van der Waals surface area contributed by atoms with Gasteiger partial charge >= 0.3 is 0 Å². The highest BCUT2D eigenvalue weighted by molar-refractivity contribution is 5.29. The zero-order valence-corrected chi connectivity index (χ0v) is 11.7. The van der Waals surface area contributed by atoms with Crippen molar-refractivity contribution in [2.75, 3.05) is 14.1 Å². The van der Waals surface area contributed by atoms with E-state index in [-0.39, 0.29) is 6.04 Å². The van der Waals surface area contributed by atoms with Crippen molar-refractivity contribution in [1.29, 1.82) is 0 Å². The van der Waals surface area contributed by atoms with Gasteiger partial charge in [0.2, 0.25) is 0 Å². The molecule has 1 aliphatic carbocycles. The summed E-state index contributed by atoms with van der Waals surface area (Å²) in [5.41, 5.74) is 2.51. The van der Waals surface area contributed by atoms with Crippen LogP contribution < -0.4 is 0 Å². The van der Waals surface area contributed by atoms with Gasteiger partial charge in [0, 0.05) is 5.92 Å². The lowest BCUT2D eigenvalue weighted by Crippen LogP contribution is -2.22. The van der Waals surface area contributed by atoms with Crippen molar-refractivity contribution in [2.45, 2.75) is 31.7 Å². The first-order valence-electron chi connectivity index (χ1n) is 6.80. The second-order valence-electron chi connectivity index (χ2n) is 5.63. The van der Waals surface area contributed by atoms with Gasteiger partial charge in [0.05, 0.1) is 6.04 Å². The molecule has 1 saturated carbocycles. The molecule has 1 fully saturated rings. The summed E-state index contributed by atoms with van der Waals surface area (Å²) in [5, 5.41) is 7.53. The minimum atomic E-state index is 0.114. The Morgan fingerprint density at radius 2 is 2.11 bits per heavy atom. The molecule has 2 aromatic rings. The number of benzene rings is 1. The smallest absolute Gasteiger partial charge is 0.172 e. The van der Waals surface area contributed by atoms with Gasteiger partial charge in [0.1, 0.15) is 5.82 Å². The molecule has 0 saturated heterocycles. The third-order valence-electron chi connectivity index (χ3n) is 3.60. The summed E-state index contributed by atoms with van der Waals surface area (Å²) in [6.45, 7) is 2.11. The summed E-state index contributed by atoms with van der Waals surface area (Å²) < 4.78 is 0. The molecule has 3 rings (SSSR count). The van der Waals surface area contributed by atoms with E-state index in [1.807, 2.05) is 0 Å². The molecule has 100 valence electrons. The highest BCUT2D eigenvalue weighted by Crippen LogP contribution is 2.38. The zero-order valence-electron chi connectivity index (χ0n) is 11.7. The van der Waals surface area contributed by atoms with Crippen LogP contribution in [0.3, 0.4) is 0 Å². The second-order valence-corrected chi connectivity index (χ2v) is 5.63. The third-order valence-corrected chi connectivity index (χ3v) is 3.60. The second kappa shape index (κ2) is 4.78. The summed E-state index contributed by atoms with van der Waals surface area (Å²) in [6.07, 6.45) is 2.48. The molecule has 19 heavy (non-hydrogen) atoms. The van der Waals surface area contributed by atoms with Crippen LogP contribution in [0.5, 0.6) is 0 Å². The molecule has 0 amide bonds. The summed E-state index contributed by atoms with van der Waals surface area (Å²) in [5.74, 6) is 2.54. The fourth-order valence-electron chi connectivity index (χ4n) is 2.47. The van der Waals surface area contributed by atoms with Crippen LogP contribution >= 0.6 is 0 Å². The molecule has 4 nitrogen and oxygen atoms in total. The minimum Gasteiger partial charge on any atom is -0.296 e. The van der Waals surface area contributed by atoms with Crippen LogP contribution in [0.25, 0.3) is 0 Å². The number of nitrogens with one attached hydrogen (secondary N) is 1. The van der Waals surface area contributed by atoms with Gasteiger partial charge in [-0.3, -0.25) is 10.00 Å². The number of nitrogens with zero attached hydrogens (tertiary/aromatic N) is 3. The van der Waals surface area contributed by atoms with Crippen molar-refractivity contribution in [3.8, 4) is 0 Å². The molecule has 1 N–H and O–H groups in total. The van der Waals surface area contributed by atoms with E-state index in [0.29, 0.717) is 5.92 Å². The molecule has 0 radical (unpaired) electrons.